The molecule has 0 aromatic rings. The first-order chi connectivity index (χ1) is 10.4. The molecule has 26 N–H and O–H groups in total. The quantitative estimate of drug-likeness (QED) is 0.123. The largest absolute Gasteiger partial charge is 2.00 e. The van der Waals surface area contributed by atoms with Crippen LogP contribution in [0.5, 0.6) is 0 Å². The van der Waals surface area contributed by atoms with Gasteiger partial charge in [0, 0.05) is 0 Å². The van der Waals surface area contributed by atoms with Crippen molar-refractivity contribution in [2.75, 3.05) is 0 Å². The van der Waals surface area contributed by atoms with Crippen molar-refractivity contribution in [3.05, 3.63) is 0 Å². The molecule has 0 aliphatic carbocycles. The summed E-state index contributed by atoms with van der Waals surface area (Å²) in [5, 5.41) is 134. The Morgan fingerprint density at radius 1 is 0.312 bits per heavy atom. The first-order valence-corrected chi connectivity index (χ1v) is 4.56. The summed E-state index contributed by atoms with van der Waals surface area (Å²) in [4.78, 5) is 0. The summed E-state index contributed by atoms with van der Waals surface area (Å²) in [5.74, 6) is 0. The predicted molar refractivity (Wildman–Crippen MR) is 98.8 cm³/mol. The number of rotatable bonds is 0. The van der Waals surface area contributed by atoms with E-state index in [2.05, 4.69) is 0 Å². The first-order valence-electron chi connectivity index (χ1n) is 4.56. The molecule has 192 valence electrons. The Morgan fingerprint density at radius 3 is 0.312 bits per heavy atom. The van der Waals surface area contributed by atoms with Crippen LogP contribution >= 0.6 is 0 Å². The molecule has 0 atom stereocenters. The molecule has 0 aliphatic heterocycles. The van der Waals surface area contributed by atoms with Crippen LogP contribution in [0.2, 0.25) is 0 Å². The van der Waals surface area contributed by atoms with Gasteiger partial charge in [-0.3, -0.25) is 7.32 Å². The number of hydrogen-bond acceptors (Lipinski definition) is 18. The van der Waals surface area contributed by atoms with Gasteiger partial charge in [-0.1, -0.05) is 0 Å². The van der Waals surface area contributed by atoms with Crippen molar-refractivity contribution in [3.63, 3.8) is 0 Å². The van der Waals surface area contributed by atoms with E-state index in [1.807, 2.05) is 0 Å². The number of hydrogen-bond donors (Lipinski definition) is 14. The van der Waals surface area contributed by atoms with Crippen LogP contribution in [0, 0.1) is 0 Å². The van der Waals surface area contributed by atoms with Crippen LogP contribution in [-0.2, 0) is 0 Å². The Bertz CT molecular complexity index is 108. The summed E-state index contributed by atoms with van der Waals surface area (Å²) in [6, 6.07) is 0. The fourth-order valence-electron chi connectivity index (χ4n) is 0. The summed E-state index contributed by atoms with van der Waals surface area (Å²) in [6.45, 7) is 0. The molecule has 32 heavy (non-hydrogen) atoms. The van der Waals surface area contributed by atoms with Crippen LogP contribution in [-0.4, -0.2) is 223 Å². The monoisotopic (exact) mass is 556 g/mol. The Kier molecular flexibility index (Phi) is 245. The average Bonchev–Trinajstić information content (AvgIpc) is 2.08. The summed E-state index contributed by atoms with van der Waals surface area (Å²) in [7, 11) is -14.0. The summed E-state index contributed by atoms with van der Waals surface area (Å²) < 4.78 is 0. The zero-order valence-corrected chi connectivity index (χ0v) is 20.2. The van der Waals surface area contributed by atoms with E-state index < -0.39 is 43.9 Å². The van der Waals surface area contributed by atoms with Crippen molar-refractivity contribution in [2.24, 2.45) is 0 Å². The van der Waals surface area contributed by atoms with E-state index >= 15 is 0 Å². The second kappa shape index (κ2) is 84.5. The molecule has 0 fully saturated rings. The standard InChI is InChI=1S/4BH3O3.BH2O3.BO3.2Ca.6H2O/c6*2-1(3)4;;;;;;;;/h4*2-4H;2-3H;;;;6*1H2/q;;;;-1;-3;2*+2;;;;;;. The third-order valence-corrected chi connectivity index (χ3v) is 0. The molecule has 0 spiro atoms. The van der Waals surface area contributed by atoms with Gasteiger partial charge in [-0.2, -0.15) is 0 Å². The van der Waals surface area contributed by atoms with Crippen LogP contribution in [0.4, 0.5) is 0 Å². The molecule has 0 saturated carbocycles. The van der Waals surface area contributed by atoms with E-state index in [1.54, 1.807) is 0 Å². The molecule has 32 heteroatoms. The van der Waals surface area contributed by atoms with E-state index in [0.29, 0.717) is 0 Å². The molecule has 0 aromatic carbocycles. The minimum Gasteiger partial charge on any atom is -0.907 e. The van der Waals surface area contributed by atoms with Gasteiger partial charge in [-0.05, 0) is 0 Å². The zero-order valence-electron chi connectivity index (χ0n) is 15.8. The maximum Gasteiger partial charge on any atom is 2.00 e. The van der Waals surface area contributed by atoms with E-state index in [4.69, 9.17) is 90.4 Å². The minimum absolute atomic E-state index is 0. The minimum atomic E-state index is -2.92. The van der Waals surface area contributed by atoms with Crippen molar-refractivity contribution < 1.29 is 123 Å². The molecule has 0 rings (SSSR count). The van der Waals surface area contributed by atoms with Gasteiger partial charge in [-0.15, -0.1) is 0 Å². The molecule has 0 unspecified atom stereocenters. The van der Waals surface area contributed by atoms with Crippen LogP contribution in [0.25, 0.3) is 0 Å². The van der Waals surface area contributed by atoms with Crippen molar-refractivity contribution in [1.29, 1.82) is 0 Å². The molecule has 0 aromatic heterocycles. The molecule has 0 heterocycles. The first kappa shape index (κ1) is 92.6. The van der Waals surface area contributed by atoms with Gasteiger partial charge in [0.25, 0.3) is 0 Å². The van der Waals surface area contributed by atoms with Crippen molar-refractivity contribution in [2.45, 2.75) is 0 Å². The zero-order chi connectivity index (χ0) is 21.5. The van der Waals surface area contributed by atoms with Gasteiger partial charge in [0.15, 0.2) is 0 Å². The Hall–Kier alpha value is 1.95. The van der Waals surface area contributed by atoms with Gasteiger partial charge in [0.1, 0.15) is 0 Å². The maximum absolute atomic E-state index is 8.64. The van der Waals surface area contributed by atoms with Gasteiger partial charge in [0.2, 0.25) is 0 Å². The second-order valence-electron chi connectivity index (χ2n) is 2.00. The average molecular weight is 555 g/mol. The third-order valence-electron chi connectivity index (χ3n) is 0. The van der Waals surface area contributed by atoms with Crippen LogP contribution in [0.15, 0.2) is 0 Å². The van der Waals surface area contributed by atoms with Crippen LogP contribution < -0.4 is 20.1 Å². The van der Waals surface area contributed by atoms with E-state index in [-0.39, 0.29) is 108 Å². The van der Waals surface area contributed by atoms with Crippen LogP contribution in [0.3, 0.4) is 0 Å². The van der Waals surface area contributed by atoms with E-state index in [9.17, 15) is 0 Å². The smallest absolute Gasteiger partial charge is 0.907 e. The van der Waals surface area contributed by atoms with Crippen molar-refractivity contribution in [3.8, 4) is 0 Å². The summed E-state index contributed by atoms with van der Waals surface area (Å²) in [5.41, 5.74) is 0. The Balaban J connectivity index is -0.00000000964. The molecule has 0 aliphatic rings. The third kappa shape index (κ3) is 8060. The SMILES string of the molecule is O.O.O.O.O.O.OB(O)O.OB(O)O.OB(O)O.OB(O)O.[Ca+2].[Ca+2].[O-]B(O)O.[O-]B([O-])[O-]. The fraction of sp³-hybridized carbons (Fsp3) is 0. The normalized spacial score (nSPS) is 5.06. The van der Waals surface area contributed by atoms with Gasteiger partial charge >= 0.3 is 112 Å². The fourth-order valence-corrected chi connectivity index (χ4v) is 0. The summed E-state index contributed by atoms with van der Waals surface area (Å²) >= 11 is 0. The van der Waals surface area contributed by atoms with E-state index in [1.165, 1.54) is 0 Å². The topological polar surface area (TPSA) is 564 Å². The molecule has 24 nitrogen and oxygen atoms in total. The van der Waals surface area contributed by atoms with Crippen molar-refractivity contribution >= 4 is 119 Å². The van der Waals surface area contributed by atoms with Crippen molar-refractivity contribution in [1.82, 2.24) is 0 Å². The Labute approximate surface area is 240 Å². The summed E-state index contributed by atoms with van der Waals surface area (Å²) in [6.07, 6.45) is 0. The second-order valence-corrected chi connectivity index (χ2v) is 2.00. The molecular formula is H26B6Ca2O24. The van der Waals surface area contributed by atoms with Gasteiger partial charge in [-0.25, -0.2) is 0 Å². The molecular weight excluding hydrogens is 529 g/mol. The molecule has 0 radical (unpaired) electrons. The van der Waals surface area contributed by atoms with Gasteiger partial charge in [0.05, 0.1) is 0 Å². The van der Waals surface area contributed by atoms with E-state index in [0.717, 1.165) is 0 Å². The van der Waals surface area contributed by atoms with Crippen LogP contribution in [0.1, 0.15) is 0 Å². The molecule has 0 bridgehead atoms. The van der Waals surface area contributed by atoms with Gasteiger partial charge < -0.3 is 123 Å². The molecule has 0 saturated heterocycles. The predicted octanol–water partition coefficient (Wildman–Crippen LogP) is -20.5. The Morgan fingerprint density at radius 2 is 0.312 bits per heavy atom. The maximum atomic E-state index is 8.64. The molecule has 0 amide bonds.